The summed E-state index contributed by atoms with van der Waals surface area (Å²) in [5.41, 5.74) is 0.167. The van der Waals surface area contributed by atoms with Crippen LogP contribution in [-0.2, 0) is 19.1 Å². The van der Waals surface area contributed by atoms with E-state index in [2.05, 4.69) is 4.74 Å². The molecule has 8 nitrogen and oxygen atoms in total. The van der Waals surface area contributed by atoms with Crippen LogP contribution < -0.4 is 0 Å². The molecule has 26 heavy (non-hydrogen) atoms. The molecule has 0 aliphatic heterocycles. The summed E-state index contributed by atoms with van der Waals surface area (Å²) in [4.78, 5) is 42.6. The van der Waals surface area contributed by atoms with E-state index >= 15 is 0 Å². The first-order valence-corrected chi connectivity index (χ1v) is 8.16. The maximum atomic E-state index is 11.2. The smallest absolute Gasteiger partial charge is 0.335 e. The summed E-state index contributed by atoms with van der Waals surface area (Å²) in [7, 11) is 1.26. The number of esters is 2. The Morgan fingerprint density at radius 2 is 1.35 bits per heavy atom. The number of hydrogen-bond acceptors (Lipinski definition) is 6. The van der Waals surface area contributed by atoms with Crippen molar-refractivity contribution >= 4 is 23.9 Å². The Hall–Kier alpha value is -2.90. The summed E-state index contributed by atoms with van der Waals surface area (Å²) in [5, 5.41) is 16.9. The normalized spacial score (nSPS) is 13.7. The number of hydrogen-bond donors (Lipinski definition) is 2. The number of carboxylic acid groups (broad SMARTS) is 2. The van der Waals surface area contributed by atoms with E-state index in [9.17, 15) is 19.2 Å². The number of carboxylic acids is 2. The van der Waals surface area contributed by atoms with Crippen molar-refractivity contribution in [1.82, 2.24) is 0 Å². The molecule has 8 heteroatoms. The zero-order valence-corrected chi connectivity index (χ0v) is 14.5. The molecule has 2 N–H and O–H groups in total. The van der Waals surface area contributed by atoms with E-state index in [0.717, 1.165) is 25.7 Å². The largest absolute Gasteiger partial charge is 0.478 e. The third kappa shape index (κ3) is 7.78. The number of carbonyl (C=O) groups excluding carboxylic acids is 2. The highest BCUT2D eigenvalue weighted by molar-refractivity contribution is 5.92. The summed E-state index contributed by atoms with van der Waals surface area (Å²) in [6.07, 6.45) is 5.02. The third-order valence-electron chi connectivity index (χ3n) is 3.75. The molecule has 0 saturated heterocycles. The van der Waals surface area contributed by atoms with Gasteiger partial charge in [0.1, 0.15) is 12.5 Å². The Morgan fingerprint density at radius 1 is 0.885 bits per heavy atom. The van der Waals surface area contributed by atoms with E-state index in [4.69, 9.17) is 14.9 Å². The van der Waals surface area contributed by atoms with Crippen molar-refractivity contribution in [2.45, 2.75) is 44.6 Å². The minimum atomic E-state index is -1.06. The molecule has 0 aromatic heterocycles. The van der Waals surface area contributed by atoms with Gasteiger partial charge in [-0.1, -0.05) is 6.42 Å². The molecule has 0 radical (unpaired) electrons. The maximum absolute atomic E-state index is 11.2. The molecule has 0 atom stereocenters. The van der Waals surface area contributed by atoms with E-state index in [1.54, 1.807) is 0 Å². The maximum Gasteiger partial charge on any atom is 0.335 e. The Balaban J connectivity index is 0.000000263. The first kappa shape index (κ1) is 21.1. The molecule has 0 unspecified atom stereocenters. The second kappa shape index (κ2) is 10.9. The zero-order chi connectivity index (χ0) is 19.5. The van der Waals surface area contributed by atoms with Gasteiger partial charge in [-0.15, -0.1) is 0 Å². The van der Waals surface area contributed by atoms with Crippen LogP contribution in [0.3, 0.4) is 0 Å². The lowest BCUT2D eigenvalue weighted by Gasteiger charge is -2.21. The van der Waals surface area contributed by atoms with Gasteiger partial charge in [0.15, 0.2) is 0 Å². The molecule has 1 aliphatic rings. The quantitative estimate of drug-likeness (QED) is 0.601. The van der Waals surface area contributed by atoms with Gasteiger partial charge in [-0.2, -0.15) is 0 Å². The van der Waals surface area contributed by atoms with Crippen LogP contribution in [0.15, 0.2) is 24.3 Å². The number of ether oxygens (including phenoxy) is 2. The summed E-state index contributed by atoms with van der Waals surface area (Å²) < 4.78 is 9.49. The Bertz CT molecular complexity index is 596. The molecule has 2 rings (SSSR count). The number of methoxy groups -OCH3 is 1. The van der Waals surface area contributed by atoms with E-state index in [1.807, 2.05) is 0 Å². The molecule has 0 heterocycles. The van der Waals surface area contributed by atoms with Gasteiger partial charge in [0.25, 0.3) is 0 Å². The van der Waals surface area contributed by atoms with Crippen molar-refractivity contribution in [2.24, 2.45) is 0 Å². The lowest BCUT2D eigenvalue weighted by atomic mass is 9.98. The van der Waals surface area contributed by atoms with Crippen LogP contribution in [0.4, 0.5) is 0 Å². The molecule has 0 amide bonds. The highest BCUT2D eigenvalue weighted by Crippen LogP contribution is 2.20. The van der Waals surface area contributed by atoms with Gasteiger partial charge in [0.05, 0.1) is 18.2 Å². The lowest BCUT2D eigenvalue weighted by Crippen LogP contribution is -2.22. The van der Waals surface area contributed by atoms with Crippen LogP contribution in [-0.4, -0.2) is 47.3 Å². The van der Waals surface area contributed by atoms with Gasteiger partial charge in [0.2, 0.25) is 0 Å². The van der Waals surface area contributed by atoms with Gasteiger partial charge >= 0.3 is 23.9 Å². The van der Waals surface area contributed by atoms with E-state index in [-0.39, 0.29) is 23.7 Å². The molecule has 1 aromatic carbocycles. The van der Waals surface area contributed by atoms with Crippen LogP contribution in [0.5, 0.6) is 0 Å². The van der Waals surface area contributed by atoms with Crippen molar-refractivity contribution in [1.29, 1.82) is 0 Å². The summed E-state index contributed by atoms with van der Waals surface area (Å²) in [5.74, 6) is -3.13. The van der Waals surface area contributed by atoms with Crippen molar-refractivity contribution in [3.05, 3.63) is 35.4 Å². The fourth-order valence-corrected chi connectivity index (χ4v) is 2.36. The van der Waals surface area contributed by atoms with Crippen molar-refractivity contribution in [3.63, 3.8) is 0 Å². The van der Waals surface area contributed by atoms with E-state index in [1.165, 1.54) is 37.8 Å². The van der Waals surface area contributed by atoms with E-state index in [0.29, 0.717) is 0 Å². The topological polar surface area (TPSA) is 127 Å². The fraction of sp³-hybridized carbons (Fsp3) is 0.444. The number of benzene rings is 1. The highest BCUT2D eigenvalue weighted by Gasteiger charge is 2.19. The Labute approximate surface area is 150 Å². The molecule has 1 aromatic rings. The molecule has 1 saturated carbocycles. The lowest BCUT2D eigenvalue weighted by molar-refractivity contribution is -0.157. The zero-order valence-electron chi connectivity index (χ0n) is 14.5. The predicted octanol–water partition coefficient (Wildman–Crippen LogP) is 2.51. The molecule has 0 spiro atoms. The van der Waals surface area contributed by atoms with Gasteiger partial charge in [-0.3, -0.25) is 9.59 Å². The van der Waals surface area contributed by atoms with Crippen molar-refractivity contribution in [2.75, 3.05) is 7.11 Å². The number of carbonyl (C=O) groups is 4. The molecular formula is C18H22O8. The minimum Gasteiger partial charge on any atom is -0.478 e. The summed E-state index contributed by atoms with van der Waals surface area (Å²) in [6, 6.07) is 5.02. The number of rotatable bonds is 5. The number of aromatic carboxylic acids is 2. The molecule has 1 fully saturated rings. The molecule has 142 valence electrons. The predicted molar refractivity (Wildman–Crippen MR) is 90.0 cm³/mol. The first-order chi connectivity index (χ1) is 12.3. The average molecular weight is 366 g/mol. The highest BCUT2D eigenvalue weighted by atomic mass is 16.6. The SMILES string of the molecule is COC(=O)CC(=O)OC1CCCCC1.O=C(O)c1ccc(C(=O)O)cc1. The van der Waals surface area contributed by atoms with E-state index < -0.39 is 23.9 Å². The van der Waals surface area contributed by atoms with Gasteiger partial charge < -0.3 is 19.7 Å². The standard InChI is InChI=1S/C10H16O4.C8H6O4/c1-13-9(11)7-10(12)14-8-5-3-2-4-6-8;9-7(10)5-1-2-6(4-3-5)8(11)12/h8H,2-7H2,1H3;1-4H,(H,9,10)(H,11,12). The Kier molecular flexibility index (Phi) is 8.83. The van der Waals surface area contributed by atoms with Crippen LogP contribution in [0, 0.1) is 0 Å². The van der Waals surface area contributed by atoms with Crippen LogP contribution >= 0.6 is 0 Å². The van der Waals surface area contributed by atoms with Crippen molar-refractivity contribution in [3.8, 4) is 0 Å². The summed E-state index contributed by atoms with van der Waals surface area (Å²) >= 11 is 0. The summed E-state index contributed by atoms with van der Waals surface area (Å²) in [6.45, 7) is 0. The van der Waals surface area contributed by atoms with Crippen molar-refractivity contribution < 1.29 is 38.9 Å². The molecular weight excluding hydrogens is 344 g/mol. The first-order valence-electron chi connectivity index (χ1n) is 8.16. The van der Waals surface area contributed by atoms with Crippen LogP contribution in [0.25, 0.3) is 0 Å². The Morgan fingerprint density at radius 3 is 1.73 bits per heavy atom. The van der Waals surface area contributed by atoms with Crippen LogP contribution in [0.1, 0.15) is 59.2 Å². The second-order valence-electron chi connectivity index (χ2n) is 5.69. The molecule has 0 bridgehead atoms. The monoisotopic (exact) mass is 366 g/mol. The van der Waals surface area contributed by atoms with Gasteiger partial charge in [-0.25, -0.2) is 9.59 Å². The third-order valence-corrected chi connectivity index (χ3v) is 3.75. The van der Waals surface area contributed by atoms with Crippen LogP contribution in [0.2, 0.25) is 0 Å². The van der Waals surface area contributed by atoms with Gasteiger partial charge in [-0.05, 0) is 49.9 Å². The second-order valence-corrected chi connectivity index (χ2v) is 5.69. The minimum absolute atomic E-state index is 0.0147. The molecule has 1 aliphatic carbocycles. The fourth-order valence-electron chi connectivity index (χ4n) is 2.36. The van der Waals surface area contributed by atoms with Gasteiger partial charge in [0, 0.05) is 0 Å². The average Bonchev–Trinajstić information content (AvgIpc) is 2.62.